The van der Waals surface area contributed by atoms with Gasteiger partial charge in [-0.2, -0.15) is 0 Å². The van der Waals surface area contributed by atoms with Crippen LogP contribution < -0.4 is 4.74 Å². The Morgan fingerprint density at radius 1 is 0.966 bits per heavy atom. The zero-order valence-corrected chi connectivity index (χ0v) is 17.1. The Morgan fingerprint density at radius 2 is 1.69 bits per heavy atom. The fourth-order valence-electron chi connectivity index (χ4n) is 4.04. The van der Waals surface area contributed by atoms with Crippen LogP contribution in [0.25, 0.3) is 11.0 Å². The van der Waals surface area contributed by atoms with E-state index in [9.17, 15) is 5.11 Å². The number of hydrogen-bond donors (Lipinski definition) is 1. The second-order valence-corrected chi connectivity index (χ2v) is 7.66. The molecule has 2 aromatic carbocycles. The van der Waals surface area contributed by atoms with Crippen molar-refractivity contribution in [3.05, 3.63) is 60.4 Å². The molecule has 6 heteroatoms. The van der Waals surface area contributed by atoms with Crippen LogP contribution in [0.2, 0.25) is 0 Å². The lowest BCUT2D eigenvalue weighted by Gasteiger charge is -2.35. The first-order chi connectivity index (χ1) is 14.2. The summed E-state index contributed by atoms with van der Waals surface area (Å²) in [5.74, 6) is 0.986. The summed E-state index contributed by atoms with van der Waals surface area (Å²) in [7, 11) is 0. The largest absolute Gasteiger partial charge is 0.494 e. The van der Waals surface area contributed by atoms with Crippen molar-refractivity contribution in [2.45, 2.75) is 26.1 Å². The minimum atomic E-state index is -0.405. The molecule has 0 radical (unpaired) electrons. The number of benzene rings is 2. The zero-order chi connectivity index (χ0) is 20.1. The van der Waals surface area contributed by atoms with Gasteiger partial charge in [-0.05, 0) is 25.1 Å². The Morgan fingerprint density at radius 3 is 2.52 bits per heavy atom. The topological polar surface area (TPSA) is 53.8 Å². The van der Waals surface area contributed by atoms with Gasteiger partial charge in [-0.15, -0.1) is 0 Å². The Labute approximate surface area is 172 Å². The molecule has 0 aliphatic carbocycles. The van der Waals surface area contributed by atoms with Gasteiger partial charge < -0.3 is 14.4 Å². The first-order valence-electron chi connectivity index (χ1n) is 10.5. The number of fused-ring (bicyclic) bond motifs is 1. The van der Waals surface area contributed by atoms with Gasteiger partial charge in [0.15, 0.2) is 0 Å². The van der Waals surface area contributed by atoms with Crippen molar-refractivity contribution in [1.82, 2.24) is 19.4 Å². The van der Waals surface area contributed by atoms with Crippen LogP contribution >= 0.6 is 0 Å². The molecule has 154 valence electrons. The lowest BCUT2D eigenvalue weighted by molar-refractivity contribution is 0.0625. The number of para-hydroxylation sites is 3. The number of rotatable bonds is 8. The number of aromatic nitrogens is 2. The molecule has 1 fully saturated rings. The highest BCUT2D eigenvalue weighted by Gasteiger charge is 2.20. The molecule has 1 aromatic heterocycles. The summed E-state index contributed by atoms with van der Waals surface area (Å²) in [5, 5.41) is 10.6. The average Bonchev–Trinajstić information content (AvgIpc) is 3.14. The van der Waals surface area contributed by atoms with Gasteiger partial charge in [0.2, 0.25) is 0 Å². The SMILES string of the molecule is CCOc1ccccc1CN1CCN(CC(O)Cn2cnc3ccccc32)CC1. The summed E-state index contributed by atoms with van der Waals surface area (Å²) in [5.41, 5.74) is 3.29. The van der Waals surface area contributed by atoms with Crippen LogP contribution in [0.5, 0.6) is 5.75 Å². The van der Waals surface area contributed by atoms with Gasteiger partial charge in [0.1, 0.15) is 5.75 Å². The molecule has 0 spiro atoms. The van der Waals surface area contributed by atoms with Gasteiger partial charge in [0.05, 0.1) is 36.6 Å². The molecular weight excluding hydrogens is 364 g/mol. The third kappa shape index (κ3) is 4.96. The Bertz CT molecular complexity index is 918. The van der Waals surface area contributed by atoms with Crippen molar-refractivity contribution in [1.29, 1.82) is 0 Å². The first-order valence-corrected chi connectivity index (χ1v) is 10.5. The van der Waals surface area contributed by atoms with Crippen LogP contribution in [-0.2, 0) is 13.1 Å². The van der Waals surface area contributed by atoms with Crippen molar-refractivity contribution in [3.63, 3.8) is 0 Å². The molecule has 0 bridgehead atoms. The fraction of sp³-hybridized carbons (Fsp3) is 0.435. The lowest BCUT2D eigenvalue weighted by Crippen LogP contribution is -2.48. The molecule has 29 heavy (non-hydrogen) atoms. The minimum absolute atomic E-state index is 0.405. The molecule has 3 aromatic rings. The summed E-state index contributed by atoms with van der Waals surface area (Å²) < 4.78 is 7.80. The van der Waals surface area contributed by atoms with Gasteiger partial charge in [-0.1, -0.05) is 30.3 Å². The number of hydrogen-bond acceptors (Lipinski definition) is 5. The Balaban J connectivity index is 1.26. The van der Waals surface area contributed by atoms with Crippen LogP contribution in [0.15, 0.2) is 54.9 Å². The standard InChI is InChI=1S/C23H30N4O2/c1-2-29-23-10-6-3-7-19(23)15-25-11-13-26(14-12-25)16-20(28)17-27-18-24-21-8-4-5-9-22(21)27/h3-10,18,20,28H,2,11-17H2,1H3. The lowest BCUT2D eigenvalue weighted by atomic mass is 10.1. The van der Waals surface area contributed by atoms with Gasteiger partial charge in [-0.3, -0.25) is 9.80 Å². The minimum Gasteiger partial charge on any atom is -0.494 e. The molecule has 6 nitrogen and oxygen atoms in total. The van der Waals surface area contributed by atoms with Crippen molar-refractivity contribution in [2.75, 3.05) is 39.3 Å². The normalized spacial score (nSPS) is 16.9. The number of aliphatic hydroxyl groups is 1. The number of ether oxygens (including phenoxy) is 1. The zero-order valence-electron chi connectivity index (χ0n) is 17.1. The predicted molar refractivity (Wildman–Crippen MR) is 115 cm³/mol. The molecular formula is C23H30N4O2. The molecule has 0 saturated carbocycles. The monoisotopic (exact) mass is 394 g/mol. The Hall–Kier alpha value is -2.41. The Kier molecular flexibility index (Phi) is 6.44. The molecule has 2 heterocycles. The molecule has 0 amide bonds. The third-order valence-corrected chi connectivity index (χ3v) is 5.54. The number of aliphatic hydroxyl groups excluding tert-OH is 1. The number of β-amino-alcohol motifs (C(OH)–C–C–N with tert-alkyl or cyclic N) is 1. The van der Waals surface area contributed by atoms with Crippen LogP contribution in [0.3, 0.4) is 0 Å². The smallest absolute Gasteiger partial charge is 0.123 e. The summed E-state index contributed by atoms with van der Waals surface area (Å²) in [4.78, 5) is 9.23. The maximum Gasteiger partial charge on any atom is 0.123 e. The predicted octanol–water partition coefficient (Wildman–Crippen LogP) is 2.61. The van der Waals surface area contributed by atoms with Crippen LogP contribution in [0.1, 0.15) is 12.5 Å². The van der Waals surface area contributed by atoms with Crippen LogP contribution in [0.4, 0.5) is 0 Å². The van der Waals surface area contributed by atoms with Crippen molar-refractivity contribution >= 4 is 11.0 Å². The maximum atomic E-state index is 10.6. The summed E-state index contributed by atoms with van der Waals surface area (Å²) in [6.45, 7) is 8.83. The second-order valence-electron chi connectivity index (χ2n) is 7.66. The van der Waals surface area contributed by atoms with E-state index < -0.39 is 6.10 Å². The summed E-state index contributed by atoms with van der Waals surface area (Å²) in [6, 6.07) is 16.3. The number of nitrogens with zero attached hydrogens (tertiary/aromatic N) is 4. The molecule has 1 atom stereocenters. The number of imidazole rings is 1. The quantitative estimate of drug-likeness (QED) is 0.637. The molecule has 1 aliphatic heterocycles. The molecule has 1 N–H and O–H groups in total. The van der Waals surface area contributed by atoms with Crippen molar-refractivity contribution < 1.29 is 9.84 Å². The van der Waals surface area contributed by atoms with E-state index in [0.717, 1.165) is 49.5 Å². The first kappa shape index (κ1) is 19.9. The molecule has 4 rings (SSSR count). The van der Waals surface area contributed by atoms with Crippen LogP contribution in [-0.4, -0.2) is 69.9 Å². The molecule has 1 aliphatic rings. The summed E-state index contributed by atoms with van der Waals surface area (Å²) in [6.07, 6.45) is 1.42. The van der Waals surface area contributed by atoms with E-state index >= 15 is 0 Å². The highest BCUT2D eigenvalue weighted by atomic mass is 16.5. The molecule has 1 saturated heterocycles. The fourth-order valence-corrected chi connectivity index (χ4v) is 4.04. The summed E-state index contributed by atoms with van der Waals surface area (Å²) >= 11 is 0. The van der Waals surface area contributed by atoms with Crippen molar-refractivity contribution in [3.8, 4) is 5.75 Å². The van der Waals surface area contributed by atoms with E-state index in [1.165, 1.54) is 5.56 Å². The average molecular weight is 395 g/mol. The van der Waals surface area contributed by atoms with Gasteiger partial charge in [0.25, 0.3) is 0 Å². The van der Waals surface area contributed by atoms with E-state index in [4.69, 9.17) is 4.74 Å². The van der Waals surface area contributed by atoms with E-state index in [2.05, 4.69) is 26.9 Å². The van der Waals surface area contributed by atoms with Gasteiger partial charge in [-0.25, -0.2) is 4.98 Å². The number of piperazine rings is 1. The van der Waals surface area contributed by atoms with Crippen LogP contribution in [0, 0.1) is 0 Å². The van der Waals surface area contributed by atoms with E-state index in [-0.39, 0.29) is 0 Å². The van der Waals surface area contributed by atoms with E-state index in [1.807, 2.05) is 54.2 Å². The maximum absolute atomic E-state index is 10.6. The van der Waals surface area contributed by atoms with Gasteiger partial charge >= 0.3 is 0 Å². The van der Waals surface area contributed by atoms with E-state index in [0.29, 0.717) is 19.7 Å². The second kappa shape index (κ2) is 9.39. The van der Waals surface area contributed by atoms with Gasteiger partial charge in [0, 0.05) is 44.8 Å². The third-order valence-electron chi connectivity index (χ3n) is 5.54. The highest BCUT2D eigenvalue weighted by molar-refractivity contribution is 5.74. The highest BCUT2D eigenvalue weighted by Crippen LogP contribution is 2.20. The van der Waals surface area contributed by atoms with Crippen molar-refractivity contribution in [2.24, 2.45) is 0 Å². The van der Waals surface area contributed by atoms with E-state index in [1.54, 1.807) is 0 Å². The molecule has 1 unspecified atom stereocenters.